The third kappa shape index (κ3) is 5.88. The standard InChI is InChI=1S/C20H27N3O4S2/c1-5-23(6-2)20(25)15-9-11-16(12-10-15)21-19(24)18(14(3)4)22-29(26,27)17-8-7-13-28-17/h7-14,18,22H,5-6H2,1-4H3,(H,21,24). The summed E-state index contributed by atoms with van der Waals surface area (Å²) in [6.45, 7) is 8.61. The Bertz CT molecular complexity index is 919. The lowest BCUT2D eigenvalue weighted by Gasteiger charge is -2.21. The number of rotatable bonds is 9. The molecule has 0 fully saturated rings. The molecule has 1 unspecified atom stereocenters. The van der Waals surface area contributed by atoms with Crippen molar-refractivity contribution < 1.29 is 18.0 Å². The fourth-order valence-electron chi connectivity index (χ4n) is 2.74. The summed E-state index contributed by atoms with van der Waals surface area (Å²) in [5.41, 5.74) is 1.03. The molecule has 29 heavy (non-hydrogen) atoms. The molecule has 1 aromatic carbocycles. The van der Waals surface area contributed by atoms with Crippen molar-refractivity contribution in [1.82, 2.24) is 9.62 Å². The zero-order chi connectivity index (χ0) is 21.6. The normalized spacial score (nSPS) is 12.6. The molecule has 7 nitrogen and oxygen atoms in total. The van der Waals surface area contributed by atoms with Crippen LogP contribution in [-0.2, 0) is 14.8 Å². The average molecular weight is 438 g/mol. The van der Waals surface area contributed by atoms with Crippen LogP contribution in [0.5, 0.6) is 0 Å². The monoisotopic (exact) mass is 437 g/mol. The van der Waals surface area contributed by atoms with E-state index in [1.807, 2.05) is 13.8 Å². The Morgan fingerprint density at radius 2 is 1.69 bits per heavy atom. The van der Waals surface area contributed by atoms with Crippen molar-refractivity contribution in [3.63, 3.8) is 0 Å². The molecule has 1 atom stereocenters. The minimum Gasteiger partial charge on any atom is -0.339 e. The molecule has 0 spiro atoms. The lowest BCUT2D eigenvalue weighted by Crippen LogP contribution is -2.46. The largest absolute Gasteiger partial charge is 0.339 e. The van der Waals surface area contributed by atoms with E-state index in [1.54, 1.807) is 54.5 Å². The first-order valence-corrected chi connectivity index (χ1v) is 11.8. The molecule has 2 N–H and O–H groups in total. The Balaban J connectivity index is 2.11. The highest BCUT2D eigenvalue weighted by atomic mass is 32.2. The van der Waals surface area contributed by atoms with Crippen LogP contribution in [0.4, 0.5) is 5.69 Å². The predicted octanol–water partition coefficient (Wildman–Crippen LogP) is 3.17. The average Bonchev–Trinajstić information content (AvgIpc) is 3.23. The third-order valence-electron chi connectivity index (χ3n) is 4.44. The summed E-state index contributed by atoms with van der Waals surface area (Å²) in [7, 11) is -3.77. The number of hydrogen-bond acceptors (Lipinski definition) is 5. The Labute approximate surface area is 176 Å². The minimum atomic E-state index is -3.77. The first-order valence-electron chi connectivity index (χ1n) is 9.45. The molecule has 0 aliphatic carbocycles. The van der Waals surface area contributed by atoms with E-state index in [1.165, 1.54) is 6.07 Å². The van der Waals surface area contributed by atoms with Gasteiger partial charge in [0.2, 0.25) is 5.91 Å². The number of sulfonamides is 1. The minimum absolute atomic E-state index is 0.0726. The van der Waals surface area contributed by atoms with Gasteiger partial charge in [0, 0.05) is 24.3 Å². The fraction of sp³-hybridized carbons (Fsp3) is 0.400. The topological polar surface area (TPSA) is 95.6 Å². The molecule has 2 rings (SSSR count). The smallest absolute Gasteiger partial charge is 0.253 e. The molecule has 0 aliphatic heterocycles. The summed E-state index contributed by atoms with van der Waals surface area (Å²) in [6.07, 6.45) is 0. The van der Waals surface area contributed by atoms with Crippen LogP contribution in [0.2, 0.25) is 0 Å². The van der Waals surface area contributed by atoms with Gasteiger partial charge in [-0.2, -0.15) is 4.72 Å². The highest BCUT2D eigenvalue weighted by Crippen LogP contribution is 2.18. The zero-order valence-corrected chi connectivity index (χ0v) is 18.6. The summed E-state index contributed by atoms with van der Waals surface area (Å²) >= 11 is 1.09. The highest BCUT2D eigenvalue weighted by Gasteiger charge is 2.29. The summed E-state index contributed by atoms with van der Waals surface area (Å²) in [5, 5.41) is 4.39. The lowest BCUT2D eigenvalue weighted by molar-refractivity contribution is -0.118. The predicted molar refractivity (Wildman–Crippen MR) is 116 cm³/mol. The summed E-state index contributed by atoms with van der Waals surface area (Å²) in [4.78, 5) is 26.8. The van der Waals surface area contributed by atoms with Gasteiger partial charge >= 0.3 is 0 Å². The molecule has 1 heterocycles. The maximum absolute atomic E-state index is 12.7. The zero-order valence-electron chi connectivity index (χ0n) is 17.0. The Morgan fingerprint density at radius 1 is 1.07 bits per heavy atom. The lowest BCUT2D eigenvalue weighted by atomic mass is 10.0. The van der Waals surface area contributed by atoms with Gasteiger partial charge in [-0.1, -0.05) is 19.9 Å². The van der Waals surface area contributed by atoms with Gasteiger partial charge in [-0.3, -0.25) is 9.59 Å². The number of benzene rings is 1. The number of thiophene rings is 1. The van der Waals surface area contributed by atoms with Crippen molar-refractivity contribution in [3.8, 4) is 0 Å². The molecule has 158 valence electrons. The number of nitrogens with zero attached hydrogens (tertiary/aromatic N) is 1. The number of carbonyl (C=O) groups is 2. The maximum Gasteiger partial charge on any atom is 0.253 e. The van der Waals surface area contributed by atoms with Gasteiger partial charge in [0.1, 0.15) is 10.3 Å². The molecule has 1 aromatic heterocycles. The van der Waals surface area contributed by atoms with Crippen LogP contribution in [0.25, 0.3) is 0 Å². The molecule has 0 saturated heterocycles. The van der Waals surface area contributed by atoms with Crippen LogP contribution in [0, 0.1) is 5.92 Å². The van der Waals surface area contributed by atoms with Crippen molar-refractivity contribution in [3.05, 3.63) is 47.3 Å². The van der Waals surface area contributed by atoms with Gasteiger partial charge < -0.3 is 10.2 Å². The van der Waals surface area contributed by atoms with Gasteiger partial charge in [0.15, 0.2) is 0 Å². The quantitative estimate of drug-likeness (QED) is 0.630. The summed E-state index contributed by atoms with van der Waals surface area (Å²) in [5.74, 6) is -0.784. The van der Waals surface area contributed by atoms with E-state index in [0.717, 1.165) is 11.3 Å². The molecule has 9 heteroatoms. The Hall–Kier alpha value is -2.23. The van der Waals surface area contributed by atoms with Crippen LogP contribution < -0.4 is 10.0 Å². The number of nitrogens with one attached hydrogen (secondary N) is 2. The van der Waals surface area contributed by atoms with Crippen LogP contribution >= 0.6 is 11.3 Å². The Kier molecular flexibility index (Phi) is 7.95. The van der Waals surface area contributed by atoms with Crippen molar-refractivity contribution >= 4 is 38.9 Å². The number of carbonyl (C=O) groups excluding carboxylic acids is 2. The molecule has 0 aliphatic rings. The molecular formula is C20H27N3O4S2. The third-order valence-corrected chi connectivity index (χ3v) is 7.28. The first kappa shape index (κ1) is 23.1. The molecule has 0 bridgehead atoms. The van der Waals surface area contributed by atoms with Crippen molar-refractivity contribution in [2.45, 2.75) is 37.9 Å². The van der Waals surface area contributed by atoms with Crippen molar-refractivity contribution in [2.75, 3.05) is 18.4 Å². The Morgan fingerprint density at radius 3 is 2.17 bits per heavy atom. The number of anilines is 1. The van der Waals surface area contributed by atoms with Gasteiger partial charge in [-0.15, -0.1) is 11.3 Å². The second-order valence-electron chi connectivity index (χ2n) is 6.82. The molecule has 2 amide bonds. The van der Waals surface area contributed by atoms with Gasteiger partial charge in [-0.05, 0) is 55.5 Å². The second kappa shape index (κ2) is 10.00. The highest BCUT2D eigenvalue weighted by molar-refractivity contribution is 7.91. The van der Waals surface area contributed by atoms with Crippen LogP contribution in [0.3, 0.4) is 0 Å². The molecule has 0 saturated carbocycles. The van der Waals surface area contributed by atoms with E-state index in [4.69, 9.17) is 0 Å². The second-order valence-corrected chi connectivity index (χ2v) is 9.71. The molecule has 2 aromatic rings. The van der Waals surface area contributed by atoms with E-state index in [0.29, 0.717) is 24.3 Å². The van der Waals surface area contributed by atoms with Crippen LogP contribution in [-0.4, -0.2) is 44.3 Å². The van der Waals surface area contributed by atoms with Crippen molar-refractivity contribution in [1.29, 1.82) is 0 Å². The number of amides is 2. The van der Waals surface area contributed by atoms with E-state index >= 15 is 0 Å². The first-order chi connectivity index (χ1) is 13.7. The van der Waals surface area contributed by atoms with Crippen LogP contribution in [0.1, 0.15) is 38.1 Å². The molecular weight excluding hydrogens is 410 g/mol. The SMILES string of the molecule is CCN(CC)C(=O)c1ccc(NC(=O)C(NS(=O)(=O)c2cccs2)C(C)C)cc1. The van der Waals surface area contributed by atoms with E-state index in [9.17, 15) is 18.0 Å². The number of hydrogen-bond donors (Lipinski definition) is 2. The van der Waals surface area contributed by atoms with Crippen molar-refractivity contribution in [2.24, 2.45) is 5.92 Å². The van der Waals surface area contributed by atoms with Gasteiger partial charge in [-0.25, -0.2) is 8.42 Å². The van der Waals surface area contributed by atoms with E-state index in [2.05, 4.69) is 10.0 Å². The maximum atomic E-state index is 12.7. The van der Waals surface area contributed by atoms with Gasteiger partial charge in [0.05, 0.1) is 0 Å². The summed E-state index contributed by atoms with van der Waals surface area (Å²) < 4.78 is 27.6. The molecule has 0 radical (unpaired) electrons. The van der Waals surface area contributed by atoms with Gasteiger partial charge in [0.25, 0.3) is 15.9 Å². The van der Waals surface area contributed by atoms with E-state index < -0.39 is 22.0 Å². The van der Waals surface area contributed by atoms with Crippen LogP contribution in [0.15, 0.2) is 46.0 Å². The summed E-state index contributed by atoms with van der Waals surface area (Å²) in [6, 6.07) is 8.78. The van der Waals surface area contributed by atoms with E-state index in [-0.39, 0.29) is 16.0 Å². The fourth-order valence-corrected chi connectivity index (χ4v) is 5.10.